The van der Waals surface area contributed by atoms with Gasteiger partial charge in [-0.1, -0.05) is 54.6 Å². The van der Waals surface area contributed by atoms with Crippen LogP contribution in [0.1, 0.15) is 24.8 Å². The first-order chi connectivity index (χ1) is 12.9. The Bertz CT molecular complexity index is 939. The topological polar surface area (TPSA) is 54.5 Å². The highest BCUT2D eigenvalue weighted by Crippen LogP contribution is 2.60. The average molecular weight is 384 g/mol. The van der Waals surface area contributed by atoms with Crippen LogP contribution in [0.3, 0.4) is 0 Å². The second-order valence-electron chi connectivity index (χ2n) is 7.99. The molecule has 1 amide bonds. The molecule has 1 unspecified atom stereocenters. The second kappa shape index (κ2) is 6.79. The molecule has 1 aliphatic heterocycles. The van der Waals surface area contributed by atoms with Gasteiger partial charge in [-0.25, -0.2) is 8.42 Å². The van der Waals surface area contributed by atoms with Crippen LogP contribution in [0.4, 0.5) is 0 Å². The van der Waals surface area contributed by atoms with Gasteiger partial charge >= 0.3 is 0 Å². The molecule has 1 spiro atoms. The molecule has 1 heterocycles. The first kappa shape index (κ1) is 18.2. The van der Waals surface area contributed by atoms with E-state index in [4.69, 9.17) is 0 Å². The highest BCUT2D eigenvalue weighted by atomic mass is 32.2. The van der Waals surface area contributed by atoms with Crippen molar-refractivity contribution in [3.63, 3.8) is 0 Å². The van der Waals surface area contributed by atoms with Gasteiger partial charge in [-0.3, -0.25) is 4.79 Å². The van der Waals surface area contributed by atoms with Gasteiger partial charge in [-0.2, -0.15) is 0 Å². The molecule has 4 nitrogen and oxygen atoms in total. The van der Waals surface area contributed by atoms with Gasteiger partial charge in [0.2, 0.25) is 5.91 Å². The maximum Gasteiger partial charge on any atom is 0.226 e. The summed E-state index contributed by atoms with van der Waals surface area (Å²) in [7, 11) is -1.04. The van der Waals surface area contributed by atoms with Crippen molar-refractivity contribution < 1.29 is 13.2 Å². The Morgan fingerprint density at radius 1 is 1.04 bits per heavy atom. The van der Waals surface area contributed by atoms with Crippen molar-refractivity contribution >= 4 is 15.7 Å². The van der Waals surface area contributed by atoms with Crippen LogP contribution >= 0.6 is 0 Å². The van der Waals surface area contributed by atoms with Crippen LogP contribution in [0.15, 0.2) is 54.6 Å². The van der Waals surface area contributed by atoms with Gasteiger partial charge in [-0.05, 0) is 41.4 Å². The van der Waals surface area contributed by atoms with Crippen molar-refractivity contribution in [2.75, 3.05) is 18.6 Å². The van der Waals surface area contributed by atoms with E-state index in [1.807, 2.05) is 42.3 Å². The van der Waals surface area contributed by atoms with Gasteiger partial charge in [0.25, 0.3) is 0 Å². The van der Waals surface area contributed by atoms with E-state index < -0.39 is 9.84 Å². The van der Waals surface area contributed by atoms with E-state index in [9.17, 15) is 13.2 Å². The molecule has 2 aliphatic rings. The molecule has 1 aliphatic carbocycles. The molecule has 0 bridgehead atoms. The Morgan fingerprint density at radius 3 is 2.37 bits per heavy atom. The van der Waals surface area contributed by atoms with Crippen LogP contribution in [-0.2, 0) is 21.2 Å². The molecule has 2 aromatic carbocycles. The van der Waals surface area contributed by atoms with Crippen LogP contribution in [-0.4, -0.2) is 37.8 Å². The SMILES string of the molecule is CN(Cc1ccccc1-c1ccccc1)C(=O)C1CC12CCS(=O)(=O)CC2. The zero-order valence-corrected chi connectivity index (χ0v) is 16.4. The lowest BCUT2D eigenvalue weighted by Gasteiger charge is -2.25. The van der Waals surface area contributed by atoms with Crippen molar-refractivity contribution in [3.05, 3.63) is 60.2 Å². The molecule has 27 heavy (non-hydrogen) atoms. The van der Waals surface area contributed by atoms with E-state index in [-0.39, 0.29) is 28.7 Å². The van der Waals surface area contributed by atoms with Crippen LogP contribution in [0.2, 0.25) is 0 Å². The molecular formula is C22H25NO3S. The zero-order chi connectivity index (χ0) is 19.1. The molecule has 0 radical (unpaired) electrons. The predicted octanol–water partition coefficient (Wildman–Crippen LogP) is 3.53. The summed E-state index contributed by atoms with van der Waals surface area (Å²) in [6, 6.07) is 18.4. The monoisotopic (exact) mass is 383 g/mol. The fourth-order valence-corrected chi connectivity index (χ4v) is 5.99. The third-order valence-corrected chi connectivity index (χ3v) is 7.85. The number of carbonyl (C=O) groups excluding carboxylic acids is 1. The third kappa shape index (κ3) is 3.65. The lowest BCUT2D eigenvalue weighted by atomic mass is 9.95. The van der Waals surface area contributed by atoms with Crippen molar-refractivity contribution in [3.8, 4) is 11.1 Å². The number of carbonyl (C=O) groups is 1. The Morgan fingerprint density at radius 2 is 1.67 bits per heavy atom. The Labute approximate surface area is 161 Å². The fraction of sp³-hybridized carbons (Fsp3) is 0.409. The average Bonchev–Trinajstić information content (AvgIpc) is 3.39. The third-order valence-electron chi connectivity index (χ3n) is 6.20. The van der Waals surface area contributed by atoms with Gasteiger partial charge in [0.05, 0.1) is 11.5 Å². The number of sulfone groups is 1. The Kier molecular flexibility index (Phi) is 4.58. The minimum absolute atomic E-state index is 0.0121. The van der Waals surface area contributed by atoms with Gasteiger partial charge in [0.15, 0.2) is 0 Å². The van der Waals surface area contributed by atoms with Crippen molar-refractivity contribution in [2.24, 2.45) is 11.3 Å². The van der Waals surface area contributed by atoms with E-state index in [0.29, 0.717) is 19.4 Å². The summed E-state index contributed by atoms with van der Waals surface area (Å²) in [5.74, 6) is 0.605. The molecule has 1 saturated carbocycles. The summed E-state index contributed by atoms with van der Waals surface area (Å²) in [5.41, 5.74) is 3.36. The summed E-state index contributed by atoms with van der Waals surface area (Å²) in [6.07, 6.45) is 2.12. The van der Waals surface area contributed by atoms with E-state index >= 15 is 0 Å². The molecule has 4 rings (SSSR count). The normalized spacial score (nSPS) is 22.3. The van der Waals surface area contributed by atoms with Crippen LogP contribution in [0.5, 0.6) is 0 Å². The molecule has 0 aromatic heterocycles. The zero-order valence-electron chi connectivity index (χ0n) is 15.6. The summed E-state index contributed by atoms with van der Waals surface area (Å²) in [5, 5.41) is 0. The predicted molar refractivity (Wildman–Crippen MR) is 107 cm³/mol. The van der Waals surface area contributed by atoms with Crippen molar-refractivity contribution in [1.29, 1.82) is 0 Å². The summed E-state index contributed by atoms with van der Waals surface area (Å²) in [4.78, 5) is 14.8. The van der Waals surface area contributed by atoms with E-state index in [1.54, 1.807) is 0 Å². The molecule has 5 heteroatoms. The quantitative estimate of drug-likeness (QED) is 0.812. The highest BCUT2D eigenvalue weighted by Gasteiger charge is 2.59. The second-order valence-corrected chi connectivity index (χ2v) is 10.3. The Balaban J connectivity index is 1.46. The van der Waals surface area contributed by atoms with Gasteiger partial charge < -0.3 is 4.90 Å². The summed E-state index contributed by atoms with van der Waals surface area (Å²) < 4.78 is 23.4. The first-order valence-corrected chi connectivity index (χ1v) is 11.3. The van der Waals surface area contributed by atoms with Crippen LogP contribution in [0, 0.1) is 11.3 Å². The van der Waals surface area contributed by atoms with Crippen molar-refractivity contribution in [2.45, 2.75) is 25.8 Å². The molecule has 2 fully saturated rings. The maximum atomic E-state index is 13.0. The Hall–Kier alpha value is -2.14. The number of rotatable bonds is 4. The highest BCUT2D eigenvalue weighted by molar-refractivity contribution is 7.91. The largest absolute Gasteiger partial charge is 0.341 e. The summed E-state index contributed by atoms with van der Waals surface area (Å²) >= 11 is 0. The molecule has 2 aromatic rings. The lowest BCUT2D eigenvalue weighted by Crippen LogP contribution is -2.32. The molecule has 1 saturated heterocycles. The van der Waals surface area contributed by atoms with Gasteiger partial charge in [0.1, 0.15) is 9.84 Å². The molecular weight excluding hydrogens is 358 g/mol. The number of hydrogen-bond acceptors (Lipinski definition) is 3. The van der Waals surface area contributed by atoms with E-state index in [2.05, 4.69) is 24.3 Å². The number of nitrogens with zero attached hydrogens (tertiary/aromatic N) is 1. The molecule has 142 valence electrons. The fourth-order valence-electron chi connectivity index (χ4n) is 4.35. The first-order valence-electron chi connectivity index (χ1n) is 9.49. The van der Waals surface area contributed by atoms with E-state index in [1.165, 1.54) is 0 Å². The standard InChI is InChI=1S/C22H25NO3S/c1-23(21(24)20-15-22(20)11-13-27(25,26)14-12-22)16-18-9-5-6-10-19(18)17-7-3-2-4-8-17/h2-10,20H,11-16H2,1H3. The number of benzene rings is 2. The smallest absolute Gasteiger partial charge is 0.226 e. The van der Waals surface area contributed by atoms with Gasteiger partial charge in [-0.15, -0.1) is 0 Å². The van der Waals surface area contributed by atoms with Crippen LogP contribution in [0.25, 0.3) is 11.1 Å². The molecule has 0 N–H and O–H groups in total. The lowest BCUT2D eigenvalue weighted by molar-refractivity contribution is -0.132. The number of hydrogen-bond donors (Lipinski definition) is 0. The van der Waals surface area contributed by atoms with Gasteiger partial charge in [0, 0.05) is 19.5 Å². The maximum absolute atomic E-state index is 13.0. The minimum atomic E-state index is -2.89. The minimum Gasteiger partial charge on any atom is -0.341 e. The number of amides is 1. The van der Waals surface area contributed by atoms with Crippen molar-refractivity contribution in [1.82, 2.24) is 4.90 Å². The molecule has 1 atom stereocenters. The summed E-state index contributed by atoms with van der Waals surface area (Å²) in [6.45, 7) is 0.564. The van der Waals surface area contributed by atoms with E-state index in [0.717, 1.165) is 23.1 Å². The van der Waals surface area contributed by atoms with Crippen LogP contribution < -0.4 is 0 Å².